The van der Waals surface area contributed by atoms with Gasteiger partial charge in [0.2, 0.25) is 11.9 Å². The Morgan fingerprint density at radius 2 is 1.89 bits per heavy atom. The first-order chi connectivity index (χ1) is 13.2. The number of carbonyl (C=O) groups excluding carboxylic acids is 1. The molecule has 144 valence electrons. The van der Waals surface area contributed by atoms with Crippen molar-refractivity contribution in [2.24, 2.45) is 0 Å². The van der Waals surface area contributed by atoms with Gasteiger partial charge >= 0.3 is 0 Å². The summed E-state index contributed by atoms with van der Waals surface area (Å²) in [7, 11) is 3.20. The number of aromatic nitrogens is 2. The Morgan fingerprint density at radius 3 is 2.56 bits per heavy atom. The Hall–Kier alpha value is -2.96. The Kier molecular flexibility index (Phi) is 6.01. The first kappa shape index (κ1) is 18.8. The summed E-state index contributed by atoms with van der Waals surface area (Å²) in [6.07, 6.45) is 7.23. The maximum Gasteiger partial charge on any atom is 0.246 e. The minimum absolute atomic E-state index is 0.0169. The van der Waals surface area contributed by atoms with Gasteiger partial charge in [0, 0.05) is 51.2 Å². The fraction of sp³-hybridized carbons (Fsp3) is 0.400. The van der Waals surface area contributed by atoms with Gasteiger partial charge in [-0.2, -0.15) is 0 Å². The summed E-state index contributed by atoms with van der Waals surface area (Å²) < 4.78 is 12.7. The summed E-state index contributed by atoms with van der Waals surface area (Å²) in [4.78, 5) is 21.0. The zero-order valence-corrected chi connectivity index (χ0v) is 16.1. The van der Waals surface area contributed by atoms with Gasteiger partial charge in [-0.3, -0.25) is 4.79 Å². The summed E-state index contributed by atoms with van der Waals surface area (Å²) in [5.74, 6) is 2.31. The second kappa shape index (κ2) is 8.62. The third-order valence-electron chi connectivity index (χ3n) is 4.73. The summed E-state index contributed by atoms with van der Waals surface area (Å²) in [5, 5.41) is 0. The van der Waals surface area contributed by atoms with Gasteiger partial charge in [-0.05, 0) is 30.7 Å². The van der Waals surface area contributed by atoms with E-state index in [9.17, 15) is 4.79 Å². The SMILES string of the molecule is CCn1ccnc1N1CCN(C(=O)/C=C\c2ccc(OC)c(OC)c2)CC1. The molecule has 0 spiro atoms. The number of hydrogen-bond acceptors (Lipinski definition) is 5. The standard InChI is InChI=1S/C20H26N4O3/c1-4-22-10-9-21-20(22)24-13-11-23(12-14-24)19(25)8-6-16-5-7-17(26-2)18(15-16)27-3/h5-10,15H,4,11-14H2,1-3H3/b8-6-. The van der Waals surface area contributed by atoms with Gasteiger partial charge < -0.3 is 23.8 Å². The highest BCUT2D eigenvalue weighted by Crippen LogP contribution is 2.28. The van der Waals surface area contributed by atoms with Gasteiger partial charge in [0.1, 0.15) is 0 Å². The quantitative estimate of drug-likeness (QED) is 0.730. The van der Waals surface area contributed by atoms with Gasteiger partial charge in [0.15, 0.2) is 11.5 Å². The lowest BCUT2D eigenvalue weighted by Crippen LogP contribution is -2.49. The number of nitrogens with zero attached hydrogens (tertiary/aromatic N) is 4. The van der Waals surface area contributed by atoms with Crippen molar-refractivity contribution < 1.29 is 14.3 Å². The first-order valence-corrected chi connectivity index (χ1v) is 9.11. The van der Waals surface area contributed by atoms with Gasteiger partial charge in [-0.15, -0.1) is 0 Å². The van der Waals surface area contributed by atoms with E-state index in [4.69, 9.17) is 9.47 Å². The van der Waals surface area contributed by atoms with Gasteiger partial charge in [-0.1, -0.05) is 6.07 Å². The molecule has 0 aliphatic carbocycles. The summed E-state index contributed by atoms with van der Waals surface area (Å²) in [6, 6.07) is 5.58. The molecule has 0 saturated carbocycles. The second-order valence-electron chi connectivity index (χ2n) is 6.27. The van der Waals surface area contributed by atoms with E-state index < -0.39 is 0 Å². The van der Waals surface area contributed by atoms with Crippen molar-refractivity contribution in [3.05, 3.63) is 42.2 Å². The summed E-state index contributed by atoms with van der Waals surface area (Å²) >= 11 is 0. The lowest BCUT2D eigenvalue weighted by atomic mass is 10.2. The molecule has 1 aliphatic heterocycles. The van der Waals surface area contributed by atoms with Gasteiger partial charge in [0.05, 0.1) is 14.2 Å². The zero-order valence-electron chi connectivity index (χ0n) is 16.1. The molecule has 1 aromatic carbocycles. The van der Waals surface area contributed by atoms with Crippen LogP contribution >= 0.6 is 0 Å². The van der Waals surface area contributed by atoms with E-state index in [0.29, 0.717) is 24.6 Å². The first-order valence-electron chi connectivity index (χ1n) is 9.11. The van der Waals surface area contributed by atoms with E-state index in [-0.39, 0.29) is 5.91 Å². The molecule has 0 bridgehead atoms. The average molecular weight is 370 g/mol. The van der Waals surface area contributed by atoms with Gasteiger partial charge in [-0.25, -0.2) is 4.98 Å². The topological polar surface area (TPSA) is 59.8 Å². The molecule has 1 aliphatic rings. The molecule has 0 radical (unpaired) electrons. The number of ether oxygens (including phenoxy) is 2. The van der Waals surface area contributed by atoms with Crippen LogP contribution in [0.15, 0.2) is 36.7 Å². The lowest BCUT2D eigenvalue weighted by molar-refractivity contribution is -0.126. The van der Waals surface area contributed by atoms with E-state index in [0.717, 1.165) is 31.1 Å². The fourth-order valence-electron chi connectivity index (χ4n) is 3.19. The molecule has 0 unspecified atom stereocenters. The number of anilines is 1. The normalized spacial score (nSPS) is 14.6. The molecule has 27 heavy (non-hydrogen) atoms. The van der Waals surface area contributed by atoms with Crippen LogP contribution < -0.4 is 14.4 Å². The minimum Gasteiger partial charge on any atom is -0.493 e. The fourth-order valence-corrected chi connectivity index (χ4v) is 3.19. The molecule has 2 heterocycles. The molecular formula is C20H26N4O3. The molecular weight excluding hydrogens is 344 g/mol. The Labute approximate surface area is 159 Å². The number of hydrogen-bond donors (Lipinski definition) is 0. The van der Waals surface area contributed by atoms with E-state index in [1.807, 2.05) is 35.5 Å². The molecule has 0 N–H and O–H groups in total. The van der Waals surface area contributed by atoms with Crippen molar-refractivity contribution in [3.63, 3.8) is 0 Å². The Morgan fingerprint density at radius 1 is 1.15 bits per heavy atom. The van der Waals surface area contributed by atoms with Crippen molar-refractivity contribution in [2.45, 2.75) is 13.5 Å². The van der Waals surface area contributed by atoms with E-state index in [1.54, 1.807) is 26.4 Å². The highest BCUT2D eigenvalue weighted by molar-refractivity contribution is 5.92. The van der Waals surface area contributed by atoms with Crippen LogP contribution in [0, 0.1) is 0 Å². The van der Waals surface area contributed by atoms with Crippen LogP contribution in [-0.2, 0) is 11.3 Å². The molecule has 3 rings (SSSR count). The Bertz CT molecular complexity index is 807. The Balaban J connectivity index is 1.59. The zero-order chi connectivity index (χ0) is 19.2. The molecule has 0 atom stereocenters. The van der Waals surface area contributed by atoms with E-state index in [1.165, 1.54) is 0 Å². The van der Waals surface area contributed by atoms with Crippen LogP contribution in [0.5, 0.6) is 11.5 Å². The van der Waals surface area contributed by atoms with Crippen LogP contribution in [-0.4, -0.2) is 60.8 Å². The second-order valence-corrected chi connectivity index (χ2v) is 6.27. The number of methoxy groups -OCH3 is 2. The number of piperazine rings is 1. The summed E-state index contributed by atoms with van der Waals surface area (Å²) in [6.45, 7) is 5.93. The van der Waals surface area contributed by atoms with Crippen LogP contribution in [0.4, 0.5) is 5.95 Å². The van der Waals surface area contributed by atoms with E-state index >= 15 is 0 Å². The number of amides is 1. The molecule has 2 aromatic rings. The number of rotatable bonds is 6. The number of benzene rings is 1. The lowest BCUT2D eigenvalue weighted by Gasteiger charge is -2.35. The number of carbonyl (C=O) groups is 1. The molecule has 1 aromatic heterocycles. The van der Waals surface area contributed by atoms with Gasteiger partial charge in [0.25, 0.3) is 0 Å². The monoisotopic (exact) mass is 370 g/mol. The van der Waals surface area contributed by atoms with Crippen molar-refractivity contribution in [2.75, 3.05) is 45.3 Å². The molecule has 1 fully saturated rings. The van der Waals surface area contributed by atoms with Crippen molar-refractivity contribution >= 4 is 17.9 Å². The molecule has 1 amide bonds. The third-order valence-corrected chi connectivity index (χ3v) is 4.73. The van der Waals surface area contributed by atoms with Crippen molar-refractivity contribution in [1.82, 2.24) is 14.5 Å². The van der Waals surface area contributed by atoms with Crippen molar-refractivity contribution in [3.8, 4) is 11.5 Å². The van der Waals surface area contributed by atoms with E-state index in [2.05, 4.69) is 21.4 Å². The third kappa shape index (κ3) is 4.24. The predicted molar refractivity (Wildman–Crippen MR) is 105 cm³/mol. The van der Waals surface area contributed by atoms with Crippen LogP contribution in [0.1, 0.15) is 12.5 Å². The number of aryl methyl sites for hydroxylation is 1. The van der Waals surface area contributed by atoms with Crippen LogP contribution in [0.25, 0.3) is 6.08 Å². The molecule has 1 saturated heterocycles. The molecule has 7 nitrogen and oxygen atoms in total. The van der Waals surface area contributed by atoms with Crippen LogP contribution in [0.3, 0.4) is 0 Å². The predicted octanol–water partition coefficient (Wildman–Crippen LogP) is 2.28. The van der Waals surface area contributed by atoms with Crippen molar-refractivity contribution in [1.29, 1.82) is 0 Å². The average Bonchev–Trinajstić information content (AvgIpc) is 3.20. The maximum absolute atomic E-state index is 12.5. The minimum atomic E-state index is 0.0169. The largest absolute Gasteiger partial charge is 0.493 e. The smallest absolute Gasteiger partial charge is 0.246 e. The maximum atomic E-state index is 12.5. The highest BCUT2D eigenvalue weighted by Gasteiger charge is 2.22. The number of imidazole rings is 1. The van der Waals surface area contributed by atoms with Crippen LogP contribution in [0.2, 0.25) is 0 Å². The molecule has 7 heteroatoms. The summed E-state index contributed by atoms with van der Waals surface area (Å²) in [5.41, 5.74) is 0.893. The highest BCUT2D eigenvalue weighted by atomic mass is 16.5.